The molecule has 2 nitrogen and oxygen atoms in total. The summed E-state index contributed by atoms with van der Waals surface area (Å²) < 4.78 is 27.2. The van der Waals surface area contributed by atoms with Gasteiger partial charge < -0.3 is 4.98 Å². The fraction of sp³-hybridized carbons (Fsp3) is 0.308. The molecule has 0 amide bonds. The second-order valence-corrected chi connectivity index (χ2v) is 4.40. The van der Waals surface area contributed by atoms with E-state index in [1.165, 1.54) is 0 Å². The molecule has 0 radical (unpaired) electrons. The average molecular weight is 235 g/mol. The van der Waals surface area contributed by atoms with Gasteiger partial charge in [-0.15, -0.1) is 0 Å². The van der Waals surface area contributed by atoms with Crippen molar-refractivity contribution < 1.29 is 8.78 Å². The number of aryl methyl sites for hydroxylation is 1. The first kappa shape index (κ1) is 10.4. The van der Waals surface area contributed by atoms with Crippen LogP contribution in [0.1, 0.15) is 24.1 Å². The van der Waals surface area contributed by atoms with Crippen molar-refractivity contribution in [2.24, 2.45) is 0 Å². The summed E-state index contributed by atoms with van der Waals surface area (Å²) in [4.78, 5) is 15.0. The molecule has 4 heteroatoms. The number of aromatic amines is 1. The second kappa shape index (κ2) is 3.65. The van der Waals surface area contributed by atoms with Crippen molar-refractivity contribution >= 4 is 10.9 Å². The largest absolute Gasteiger partial charge is 0.355 e. The molecule has 17 heavy (non-hydrogen) atoms. The Morgan fingerprint density at radius 1 is 1.06 bits per heavy atom. The Kier molecular flexibility index (Phi) is 2.24. The van der Waals surface area contributed by atoms with Crippen LogP contribution in [0.4, 0.5) is 8.78 Å². The molecule has 1 aromatic carbocycles. The Bertz CT molecular complexity index is 660. The van der Waals surface area contributed by atoms with E-state index in [-0.39, 0.29) is 16.3 Å². The molecule has 0 unspecified atom stereocenters. The third kappa shape index (κ3) is 1.47. The minimum atomic E-state index is -0.656. The number of fused-ring (bicyclic) bond motifs is 2. The zero-order valence-corrected chi connectivity index (χ0v) is 9.15. The number of benzene rings is 1. The van der Waals surface area contributed by atoms with Crippen LogP contribution >= 0.6 is 0 Å². The number of nitrogens with one attached hydrogen (secondary N) is 1. The summed E-state index contributed by atoms with van der Waals surface area (Å²) in [6.07, 6.45) is 3.29. The number of H-pyrrole nitrogens is 1. The highest BCUT2D eigenvalue weighted by Gasteiger charge is 2.19. The number of halogens is 2. The predicted octanol–water partition coefficient (Wildman–Crippen LogP) is 2.69. The van der Waals surface area contributed by atoms with Gasteiger partial charge in [0, 0.05) is 11.3 Å². The molecule has 88 valence electrons. The molecule has 1 N–H and O–H groups in total. The molecule has 0 saturated heterocycles. The van der Waals surface area contributed by atoms with Crippen LogP contribution in [0, 0.1) is 11.6 Å². The van der Waals surface area contributed by atoms with Crippen molar-refractivity contribution in [3.05, 3.63) is 45.2 Å². The quantitative estimate of drug-likeness (QED) is 0.748. The maximum Gasteiger partial charge on any atom is 0.195 e. The molecule has 0 bridgehead atoms. The van der Waals surface area contributed by atoms with Gasteiger partial charge in [0.1, 0.15) is 11.6 Å². The number of aromatic nitrogens is 1. The van der Waals surface area contributed by atoms with E-state index in [9.17, 15) is 13.6 Å². The Labute approximate surface area is 96.3 Å². The van der Waals surface area contributed by atoms with Crippen LogP contribution in [0.5, 0.6) is 0 Å². The normalized spacial score (nSPS) is 14.9. The number of hydrogen-bond acceptors (Lipinski definition) is 1. The maximum atomic E-state index is 13.6. The van der Waals surface area contributed by atoms with Gasteiger partial charge in [-0.05, 0) is 37.8 Å². The lowest BCUT2D eigenvalue weighted by Gasteiger charge is -2.16. The highest BCUT2D eigenvalue weighted by molar-refractivity contribution is 5.80. The highest BCUT2D eigenvalue weighted by atomic mass is 19.1. The predicted molar refractivity (Wildman–Crippen MR) is 61.1 cm³/mol. The van der Waals surface area contributed by atoms with Gasteiger partial charge in [0.25, 0.3) is 0 Å². The minimum Gasteiger partial charge on any atom is -0.355 e. The molecule has 0 spiro atoms. The molecule has 0 saturated carbocycles. The van der Waals surface area contributed by atoms with Crippen molar-refractivity contribution in [2.75, 3.05) is 0 Å². The van der Waals surface area contributed by atoms with E-state index in [4.69, 9.17) is 0 Å². The van der Waals surface area contributed by atoms with Crippen molar-refractivity contribution in [3.63, 3.8) is 0 Å². The fourth-order valence-electron chi connectivity index (χ4n) is 2.49. The number of pyridine rings is 1. The van der Waals surface area contributed by atoms with Crippen LogP contribution < -0.4 is 5.43 Å². The topological polar surface area (TPSA) is 32.9 Å². The van der Waals surface area contributed by atoms with E-state index in [1.54, 1.807) is 0 Å². The molecule has 3 rings (SSSR count). The van der Waals surface area contributed by atoms with Crippen LogP contribution in [0.3, 0.4) is 0 Å². The molecule has 1 heterocycles. The van der Waals surface area contributed by atoms with Crippen molar-refractivity contribution in [1.82, 2.24) is 4.98 Å². The molecule has 1 aliphatic carbocycles. The van der Waals surface area contributed by atoms with E-state index in [2.05, 4.69) is 4.98 Å². The van der Waals surface area contributed by atoms with Crippen LogP contribution in [0.25, 0.3) is 10.9 Å². The smallest absolute Gasteiger partial charge is 0.195 e. The summed E-state index contributed by atoms with van der Waals surface area (Å²) in [5, 5.41) is -0.148. The second-order valence-electron chi connectivity index (χ2n) is 4.40. The molecule has 1 aliphatic rings. The SMILES string of the molecule is O=c1c2c([nH]c3c(F)ccc(F)c13)CCCC2. The van der Waals surface area contributed by atoms with Gasteiger partial charge >= 0.3 is 0 Å². The first-order valence-corrected chi connectivity index (χ1v) is 5.70. The molecule has 0 aliphatic heterocycles. The van der Waals surface area contributed by atoms with Crippen LogP contribution in [0.2, 0.25) is 0 Å². The van der Waals surface area contributed by atoms with Gasteiger partial charge in [0.15, 0.2) is 5.43 Å². The fourth-order valence-corrected chi connectivity index (χ4v) is 2.49. The Morgan fingerprint density at radius 2 is 1.76 bits per heavy atom. The summed E-state index contributed by atoms with van der Waals surface area (Å²) in [6, 6.07) is 2.05. The lowest BCUT2D eigenvalue weighted by atomic mass is 9.94. The van der Waals surface area contributed by atoms with Crippen molar-refractivity contribution in [3.8, 4) is 0 Å². The summed E-state index contributed by atoms with van der Waals surface area (Å²) in [6.45, 7) is 0. The zero-order chi connectivity index (χ0) is 12.0. The molecule has 0 atom stereocenters. The van der Waals surface area contributed by atoms with Gasteiger partial charge in [-0.25, -0.2) is 8.78 Å². The van der Waals surface area contributed by atoms with Gasteiger partial charge in [-0.1, -0.05) is 0 Å². The average Bonchev–Trinajstić information content (AvgIpc) is 2.34. The van der Waals surface area contributed by atoms with Crippen LogP contribution in [-0.4, -0.2) is 4.98 Å². The summed E-state index contributed by atoms with van der Waals surface area (Å²) in [5.41, 5.74) is 1.02. The molecule has 1 aromatic heterocycles. The number of rotatable bonds is 0. The highest BCUT2D eigenvalue weighted by Crippen LogP contribution is 2.22. The first-order chi connectivity index (χ1) is 8.18. The lowest BCUT2D eigenvalue weighted by molar-refractivity contribution is 0.610. The summed E-state index contributed by atoms with van der Waals surface area (Å²) in [7, 11) is 0. The molecule has 2 aromatic rings. The summed E-state index contributed by atoms with van der Waals surface area (Å²) in [5.74, 6) is -1.23. The van der Waals surface area contributed by atoms with Crippen LogP contribution in [0.15, 0.2) is 16.9 Å². The zero-order valence-electron chi connectivity index (χ0n) is 9.15. The monoisotopic (exact) mass is 235 g/mol. The van der Waals surface area contributed by atoms with Crippen molar-refractivity contribution in [1.29, 1.82) is 0 Å². The van der Waals surface area contributed by atoms with Crippen LogP contribution in [-0.2, 0) is 12.8 Å². The summed E-state index contributed by atoms with van der Waals surface area (Å²) >= 11 is 0. The Morgan fingerprint density at radius 3 is 2.59 bits per heavy atom. The third-order valence-electron chi connectivity index (χ3n) is 3.35. The van der Waals surface area contributed by atoms with E-state index < -0.39 is 11.6 Å². The molecule has 0 fully saturated rings. The van der Waals surface area contributed by atoms with Gasteiger partial charge in [0.05, 0.1) is 10.9 Å². The van der Waals surface area contributed by atoms with E-state index in [0.29, 0.717) is 12.0 Å². The molecular weight excluding hydrogens is 224 g/mol. The Balaban J connectivity index is 2.48. The minimum absolute atomic E-state index is 0.00403. The maximum absolute atomic E-state index is 13.6. The van der Waals surface area contributed by atoms with Gasteiger partial charge in [0.2, 0.25) is 0 Å². The van der Waals surface area contributed by atoms with E-state index in [0.717, 1.165) is 37.1 Å². The number of hydrogen-bond donors (Lipinski definition) is 1. The lowest BCUT2D eigenvalue weighted by Crippen LogP contribution is -2.19. The Hall–Kier alpha value is -1.71. The standard InChI is InChI=1S/C13H11F2NO/c14-8-5-6-9(15)12-11(8)13(17)7-3-1-2-4-10(7)16-12/h5-6H,1-4H2,(H,16,17). The van der Waals surface area contributed by atoms with Gasteiger partial charge in [-0.3, -0.25) is 4.79 Å². The molecular formula is C13H11F2NO. The van der Waals surface area contributed by atoms with E-state index in [1.807, 2.05) is 0 Å². The third-order valence-corrected chi connectivity index (χ3v) is 3.35. The van der Waals surface area contributed by atoms with Crippen molar-refractivity contribution in [2.45, 2.75) is 25.7 Å². The van der Waals surface area contributed by atoms with E-state index >= 15 is 0 Å². The van der Waals surface area contributed by atoms with Gasteiger partial charge in [-0.2, -0.15) is 0 Å². The first-order valence-electron chi connectivity index (χ1n) is 5.70.